The molecule has 1 aromatic heterocycles. The molecule has 1 fully saturated rings. The smallest absolute Gasteiger partial charge is 0.310 e. The fourth-order valence-corrected chi connectivity index (χ4v) is 4.24. The number of amides is 1. The first kappa shape index (κ1) is 23.4. The minimum atomic E-state index is -0.299. The number of carbonyl (C=O) groups excluding carboxylic acids is 2. The lowest BCUT2D eigenvalue weighted by molar-refractivity contribution is -0.149. The Morgan fingerprint density at radius 3 is 2.71 bits per heavy atom. The Bertz CT molecular complexity index is 1200. The number of piperidine rings is 1. The maximum absolute atomic E-state index is 13.6. The van der Waals surface area contributed by atoms with E-state index in [-0.39, 0.29) is 17.8 Å². The predicted octanol–water partition coefficient (Wildman–Crippen LogP) is 4.41. The summed E-state index contributed by atoms with van der Waals surface area (Å²) in [4.78, 5) is 32.3. The maximum Gasteiger partial charge on any atom is 0.310 e. The number of likely N-dealkylation sites (tertiary alicyclic amines) is 1. The van der Waals surface area contributed by atoms with Gasteiger partial charge in [-0.2, -0.15) is 0 Å². The molecule has 8 heteroatoms. The van der Waals surface area contributed by atoms with Crippen LogP contribution in [0.15, 0.2) is 48.5 Å². The van der Waals surface area contributed by atoms with Gasteiger partial charge in [0.05, 0.1) is 43.5 Å². The monoisotopic (exact) mass is 463 g/mol. The van der Waals surface area contributed by atoms with E-state index in [1.807, 2.05) is 36.4 Å². The third-order valence-corrected chi connectivity index (χ3v) is 5.95. The molecule has 1 amide bonds. The third-order valence-electron chi connectivity index (χ3n) is 5.95. The summed E-state index contributed by atoms with van der Waals surface area (Å²) in [6.45, 7) is 3.07. The quantitative estimate of drug-likeness (QED) is 0.519. The first-order valence-corrected chi connectivity index (χ1v) is 11.4. The van der Waals surface area contributed by atoms with Crippen molar-refractivity contribution >= 4 is 34.3 Å². The second-order valence-electron chi connectivity index (χ2n) is 8.11. The van der Waals surface area contributed by atoms with E-state index in [0.717, 1.165) is 18.2 Å². The van der Waals surface area contributed by atoms with E-state index in [2.05, 4.69) is 5.32 Å². The van der Waals surface area contributed by atoms with E-state index in [4.69, 9.17) is 19.2 Å². The summed E-state index contributed by atoms with van der Waals surface area (Å²) in [5, 5.41) is 4.03. The van der Waals surface area contributed by atoms with Gasteiger partial charge in [-0.3, -0.25) is 9.59 Å². The highest BCUT2D eigenvalue weighted by Crippen LogP contribution is 2.32. The highest BCUT2D eigenvalue weighted by atomic mass is 16.5. The number of ether oxygens (including phenoxy) is 3. The summed E-state index contributed by atoms with van der Waals surface area (Å²) in [6, 6.07) is 14.7. The summed E-state index contributed by atoms with van der Waals surface area (Å²) in [7, 11) is 3.18. The van der Waals surface area contributed by atoms with Crippen LogP contribution >= 0.6 is 0 Å². The van der Waals surface area contributed by atoms with Gasteiger partial charge in [0, 0.05) is 24.5 Å². The van der Waals surface area contributed by atoms with Crippen molar-refractivity contribution in [3.63, 3.8) is 0 Å². The van der Waals surface area contributed by atoms with Crippen molar-refractivity contribution in [3.05, 3.63) is 54.1 Å². The van der Waals surface area contributed by atoms with E-state index in [9.17, 15) is 9.59 Å². The minimum Gasteiger partial charge on any atom is -0.497 e. The molecule has 3 aromatic rings. The Hall–Kier alpha value is -3.81. The van der Waals surface area contributed by atoms with Gasteiger partial charge in [0.2, 0.25) is 0 Å². The van der Waals surface area contributed by atoms with Crippen molar-refractivity contribution in [2.24, 2.45) is 5.92 Å². The molecule has 1 aliphatic rings. The SMILES string of the molecule is CCOC(=O)[C@@H]1CCCN(C(=O)c2cc(Nc3ccc(OC)cc3OC)nc3ccccc23)C1. The molecule has 4 rings (SSSR count). The Labute approximate surface area is 198 Å². The van der Waals surface area contributed by atoms with Crippen LogP contribution in [0.1, 0.15) is 30.1 Å². The molecule has 1 saturated heterocycles. The lowest BCUT2D eigenvalue weighted by Gasteiger charge is -2.32. The van der Waals surface area contributed by atoms with E-state index in [1.165, 1.54) is 0 Å². The van der Waals surface area contributed by atoms with Crippen molar-refractivity contribution in [1.29, 1.82) is 0 Å². The van der Waals surface area contributed by atoms with Gasteiger partial charge in [-0.05, 0) is 44.0 Å². The molecule has 1 atom stereocenters. The molecule has 0 spiro atoms. The van der Waals surface area contributed by atoms with Gasteiger partial charge >= 0.3 is 5.97 Å². The molecule has 2 heterocycles. The number of nitrogens with zero attached hydrogens (tertiary/aromatic N) is 2. The highest BCUT2D eigenvalue weighted by Gasteiger charge is 2.30. The van der Waals surface area contributed by atoms with E-state index in [1.54, 1.807) is 38.2 Å². The number of anilines is 2. The molecule has 0 saturated carbocycles. The summed E-state index contributed by atoms with van der Waals surface area (Å²) < 4.78 is 15.9. The number of pyridine rings is 1. The number of rotatable bonds is 7. The Morgan fingerprint density at radius 2 is 1.94 bits per heavy atom. The van der Waals surface area contributed by atoms with Crippen LogP contribution in [-0.2, 0) is 9.53 Å². The fraction of sp³-hybridized carbons (Fsp3) is 0.346. The molecule has 1 N–H and O–H groups in total. The average Bonchev–Trinajstić information content (AvgIpc) is 2.88. The molecule has 34 heavy (non-hydrogen) atoms. The number of hydrogen-bond acceptors (Lipinski definition) is 7. The lowest BCUT2D eigenvalue weighted by Crippen LogP contribution is -2.42. The number of carbonyl (C=O) groups is 2. The van der Waals surface area contributed by atoms with Gasteiger partial charge in [0.15, 0.2) is 0 Å². The molecular weight excluding hydrogens is 434 g/mol. The number of methoxy groups -OCH3 is 2. The van der Waals surface area contributed by atoms with Gasteiger partial charge in [-0.1, -0.05) is 18.2 Å². The van der Waals surface area contributed by atoms with Crippen LogP contribution in [0.25, 0.3) is 10.9 Å². The van der Waals surface area contributed by atoms with Crippen molar-refractivity contribution in [2.75, 3.05) is 39.2 Å². The van der Waals surface area contributed by atoms with Crippen molar-refractivity contribution in [3.8, 4) is 11.5 Å². The summed E-state index contributed by atoms with van der Waals surface area (Å²) in [5.74, 6) is 1.11. The average molecular weight is 464 g/mol. The number of para-hydroxylation sites is 1. The van der Waals surface area contributed by atoms with Gasteiger partial charge < -0.3 is 24.4 Å². The number of benzene rings is 2. The number of fused-ring (bicyclic) bond motifs is 1. The van der Waals surface area contributed by atoms with Crippen LogP contribution in [0.2, 0.25) is 0 Å². The first-order valence-electron chi connectivity index (χ1n) is 11.4. The topological polar surface area (TPSA) is 90.0 Å². The fourth-order valence-electron chi connectivity index (χ4n) is 4.24. The van der Waals surface area contributed by atoms with Crippen molar-refractivity contribution in [1.82, 2.24) is 9.88 Å². The Kier molecular flexibility index (Phi) is 7.15. The zero-order chi connectivity index (χ0) is 24.1. The van der Waals surface area contributed by atoms with E-state index < -0.39 is 0 Å². The molecule has 178 valence electrons. The van der Waals surface area contributed by atoms with E-state index >= 15 is 0 Å². The van der Waals surface area contributed by atoms with Crippen LogP contribution in [0, 0.1) is 5.92 Å². The zero-order valence-corrected chi connectivity index (χ0v) is 19.7. The van der Waals surface area contributed by atoms with Crippen LogP contribution in [-0.4, -0.2) is 55.7 Å². The molecule has 8 nitrogen and oxygen atoms in total. The molecule has 0 bridgehead atoms. The van der Waals surface area contributed by atoms with Crippen LogP contribution in [0.5, 0.6) is 11.5 Å². The van der Waals surface area contributed by atoms with Gasteiger partial charge in [-0.25, -0.2) is 4.98 Å². The normalized spacial score (nSPS) is 15.6. The summed E-state index contributed by atoms with van der Waals surface area (Å²) in [6.07, 6.45) is 1.48. The standard InChI is InChI=1S/C26H29N3O5/c1-4-34-26(31)17-8-7-13-29(16-17)25(30)20-15-24(27-21-10-6-5-9-19(20)21)28-22-12-11-18(32-2)14-23(22)33-3/h5-6,9-12,14-15,17H,4,7-8,13,16H2,1-3H3,(H,27,28)/t17-/m1/s1. The second-order valence-corrected chi connectivity index (χ2v) is 8.11. The molecule has 0 unspecified atom stereocenters. The van der Waals surface area contributed by atoms with Crippen LogP contribution in [0.3, 0.4) is 0 Å². The predicted molar refractivity (Wildman–Crippen MR) is 130 cm³/mol. The summed E-state index contributed by atoms with van der Waals surface area (Å²) in [5.41, 5.74) is 1.93. The number of nitrogens with one attached hydrogen (secondary N) is 1. The maximum atomic E-state index is 13.6. The van der Waals surface area contributed by atoms with Crippen LogP contribution in [0.4, 0.5) is 11.5 Å². The minimum absolute atomic E-state index is 0.127. The van der Waals surface area contributed by atoms with Gasteiger partial charge in [0.1, 0.15) is 17.3 Å². The molecule has 0 radical (unpaired) electrons. The van der Waals surface area contributed by atoms with Crippen molar-refractivity contribution < 1.29 is 23.8 Å². The molecular formula is C26H29N3O5. The molecule has 0 aliphatic carbocycles. The third kappa shape index (κ3) is 4.90. The van der Waals surface area contributed by atoms with Crippen molar-refractivity contribution in [2.45, 2.75) is 19.8 Å². The van der Waals surface area contributed by atoms with Gasteiger partial charge in [-0.15, -0.1) is 0 Å². The number of aromatic nitrogens is 1. The summed E-state index contributed by atoms with van der Waals surface area (Å²) >= 11 is 0. The number of hydrogen-bond donors (Lipinski definition) is 1. The molecule has 1 aliphatic heterocycles. The first-order chi connectivity index (χ1) is 16.5. The zero-order valence-electron chi connectivity index (χ0n) is 19.7. The Balaban J connectivity index is 1.67. The Morgan fingerprint density at radius 1 is 1.12 bits per heavy atom. The largest absolute Gasteiger partial charge is 0.497 e. The van der Waals surface area contributed by atoms with Gasteiger partial charge in [0.25, 0.3) is 5.91 Å². The van der Waals surface area contributed by atoms with Crippen LogP contribution < -0.4 is 14.8 Å². The highest BCUT2D eigenvalue weighted by molar-refractivity contribution is 6.07. The lowest BCUT2D eigenvalue weighted by atomic mass is 9.97. The molecule has 2 aromatic carbocycles. The number of esters is 1. The second kappa shape index (κ2) is 10.4. The van der Waals surface area contributed by atoms with E-state index in [0.29, 0.717) is 53.8 Å².